The van der Waals surface area contributed by atoms with Gasteiger partial charge in [0.2, 0.25) is 0 Å². The molecule has 0 atom stereocenters. The number of halogens is 1. The summed E-state index contributed by atoms with van der Waals surface area (Å²) in [6.45, 7) is -0.288. The van der Waals surface area contributed by atoms with Gasteiger partial charge >= 0.3 is 0 Å². The van der Waals surface area contributed by atoms with E-state index >= 15 is 0 Å². The van der Waals surface area contributed by atoms with E-state index in [9.17, 15) is 14.0 Å². The molecule has 0 radical (unpaired) electrons. The van der Waals surface area contributed by atoms with Crippen LogP contribution < -0.4 is 10.7 Å². The van der Waals surface area contributed by atoms with Crippen LogP contribution >= 0.6 is 0 Å². The molecule has 0 fully saturated rings. The van der Waals surface area contributed by atoms with Crippen LogP contribution in [-0.2, 0) is 4.79 Å². The zero-order valence-electron chi connectivity index (χ0n) is 14.1. The number of carbonyl (C=O) groups excluding carboxylic acids is 2. The van der Waals surface area contributed by atoms with Crippen molar-refractivity contribution in [3.8, 4) is 11.3 Å². The highest BCUT2D eigenvalue weighted by molar-refractivity contribution is 5.96. The van der Waals surface area contributed by atoms with Gasteiger partial charge in [0.15, 0.2) is 0 Å². The average Bonchev–Trinajstić information content (AvgIpc) is 3.15. The third-order valence-electron chi connectivity index (χ3n) is 3.62. The van der Waals surface area contributed by atoms with Gasteiger partial charge in [-0.3, -0.25) is 14.7 Å². The lowest BCUT2D eigenvalue weighted by Gasteiger charge is -2.04. The highest BCUT2D eigenvalue weighted by Gasteiger charge is 2.09. The Hall–Kier alpha value is -3.81. The third-order valence-corrected chi connectivity index (χ3v) is 3.62. The number of H-pyrrole nitrogens is 1. The summed E-state index contributed by atoms with van der Waals surface area (Å²) in [5, 5.41) is 13.1. The molecule has 0 spiro atoms. The first-order valence-corrected chi connectivity index (χ1v) is 8.08. The number of hydrogen-bond donors (Lipinski definition) is 3. The van der Waals surface area contributed by atoms with Crippen LogP contribution in [0.25, 0.3) is 11.3 Å². The summed E-state index contributed by atoms with van der Waals surface area (Å²) in [5.74, 6) is -1.58. The van der Waals surface area contributed by atoms with Crippen LogP contribution in [0.2, 0.25) is 0 Å². The van der Waals surface area contributed by atoms with E-state index in [0.717, 1.165) is 17.3 Å². The largest absolute Gasteiger partial charge is 0.343 e. The highest BCUT2D eigenvalue weighted by atomic mass is 19.1. The van der Waals surface area contributed by atoms with Gasteiger partial charge in [0.25, 0.3) is 11.8 Å². The van der Waals surface area contributed by atoms with Gasteiger partial charge in [-0.1, -0.05) is 36.4 Å². The predicted molar refractivity (Wildman–Crippen MR) is 98.5 cm³/mol. The topological polar surface area (TPSA) is 99.2 Å². The molecule has 27 heavy (non-hydrogen) atoms. The van der Waals surface area contributed by atoms with E-state index in [0.29, 0.717) is 5.56 Å². The van der Waals surface area contributed by atoms with Crippen LogP contribution in [0.5, 0.6) is 0 Å². The SMILES string of the molecule is O=C(CNC(=O)c1cccc(F)c1)NN=Cc1cn[nH]c1-c1ccccc1. The lowest BCUT2D eigenvalue weighted by molar-refractivity contribution is -0.120. The molecule has 0 unspecified atom stereocenters. The Bertz CT molecular complexity index is 969. The molecule has 0 aliphatic rings. The number of aromatic amines is 1. The molecule has 3 rings (SSSR count). The lowest BCUT2D eigenvalue weighted by atomic mass is 10.1. The minimum Gasteiger partial charge on any atom is -0.343 e. The summed E-state index contributed by atoms with van der Waals surface area (Å²) in [4.78, 5) is 23.6. The van der Waals surface area contributed by atoms with Crippen molar-refractivity contribution in [2.75, 3.05) is 6.54 Å². The summed E-state index contributed by atoms with van der Waals surface area (Å²) in [7, 11) is 0. The minimum absolute atomic E-state index is 0.136. The van der Waals surface area contributed by atoms with Crippen molar-refractivity contribution in [1.82, 2.24) is 20.9 Å². The molecule has 0 aliphatic carbocycles. The molecule has 8 heteroatoms. The fraction of sp³-hybridized carbons (Fsp3) is 0.0526. The van der Waals surface area contributed by atoms with E-state index in [1.54, 1.807) is 6.20 Å². The Morgan fingerprint density at radius 1 is 1.15 bits per heavy atom. The number of nitrogens with zero attached hydrogens (tertiary/aromatic N) is 2. The number of carbonyl (C=O) groups is 2. The molecule has 7 nitrogen and oxygen atoms in total. The monoisotopic (exact) mass is 365 g/mol. The normalized spacial score (nSPS) is 10.7. The second-order valence-corrected chi connectivity index (χ2v) is 5.55. The van der Waals surface area contributed by atoms with Gasteiger partial charge < -0.3 is 5.32 Å². The van der Waals surface area contributed by atoms with Crippen LogP contribution in [0.3, 0.4) is 0 Å². The van der Waals surface area contributed by atoms with E-state index < -0.39 is 17.6 Å². The first-order chi connectivity index (χ1) is 13.1. The average molecular weight is 365 g/mol. The van der Waals surface area contributed by atoms with Crippen molar-refractivity contribution in [1.29, 1.82) is 0 Å². The summed E-state index contributed by atoms with van der Waals surface area (Å²) in [6, 6.07) is 14.8. The molecular formula is C19H16FN5O2. The Kier molecular flexibility index (Phi) is 5.68. The molecule has 0 bridgehead atoms. The van der Waals surface area contributed by atoms with Crippen molar-refractivity contribution < 1.29 is 14.0 Å². The molecule has 1 aromatic heterocycles. The molecule has 0 saturated heterocycles. The van der Waals surface area contributed by atoms with Gasteiger partial charge in [-0.25, -0.2) is 9.82 Å². The number of nitrogens with one attached hydrogen (secondary N) is 3. The predicted octanol–water partition coefficient (Wildman–Crippen LogP) is 2.10. The molecule has 0 aliphatic heterocycles. The van der Waals surface area contributed by atoms with Gasteiger partial charge in [-0.2, -0.15) is 10.2 Å². The minimum atomic E-state index is -0.546. The van der Waals surface area contributed by atoms with E-state index in [1.807, 2.05) is 30.3 Å². The van der Waals surface area contributed by atoms with Crippen molar-refractivity contribution >= 4 is 18.0 Å². The Balaban J connectivity index is 1.53. The van der Waals surface area contributed by atoms with Crippen LogP contribution in [0.15, 0.2) is 65.9 Å². The summed E-state index contributed by atoms with van der Waals surface area (Å²) in [5.41, 5.74) is 4.86. The summed E-state index contributed by atoms with van der Waals surface area (Å²) >= 11 is 0. The smallest absolute Gasteiger partial charge is 0.259 e. The Morgan fingerprint density at radius 3 is 2.74 bits per heavy atom. The van der Waals surface area contributed by atoms with E-state index in [2.05, 4.69) is 26.0 Å². The number of aromatic nitrogens is 2. The zero-order valence-corrected chi connectivity index (χ0v) is 14.1. The maximum absolute atomic E-state index is 13.1. The second kappa shape index (κ2) is 8.52. The fourth-order valence-corrected chi connectivity index (χ4v) is 2.34. The third kappa shape index (κ3) is 4.85. The fourth-order valence-electron chi connectivity index (χ4n) is 2.34. The molecule has 2 aromatic carbocycles. The molecule has 3 aromatic rings. The lowest BCUT2D eigenvalue weighted by Crippen LogP contribution is -2.34. The van der Waals surface area contributed by atoms with Crippen LogP contribution in [0.4, 0.5) is 4.39 Å². The number of hydrazone groups is 1. The van der Waals surface area contributed by atoms with Gasteiger partial charge in [0.05, 0.1) is 24.7 Å². The van der Waals surface area contributed by atoms with Crippen LogP contribution in [0.1, 0.15) is 15.9 Å². The van der Waals surface area contributed by atoms with Crippen molar-refractivity contribution in [3.05, 3.63) is 77.7 Å². The zero-order chi connectivity index (χ0) is 19.1. The first-order valence-electron chi connectivity index (χ1n) is 8.08. The van der Waals surface area contributed by atoms with Crippen molar-refractivity contribution in [3.63, 3.8) is 0 Å². The van der Waals surface area contributed by atoms with Crippen molar-refractivity contribution in [2.24, 2.45) is 5.10 Å². The standard InChI is InChI=1S/C19H16FN5O2/c20-16-8-4-7-14(9-16)19(27)21-12-17(26)24-22-10-15-11-23-25-18(15)13-5-2-1-3-6-13/h1-11H,12H2,(H,21,27)(H,23,25)(H,24,26). The van der Waals surface area contributed by atoms with Gasteiger partial charge in [0.1, 0.15) is 5.82 Å². The maximum Gasteiger partial charge on any atom is 0.259 e. The van der Waals surface area contributed by atoms with E-state index in [4.69, 9.17) is 0 Å². The molecule has 3 N–H and O–H groups in total. The number of benzene rings is 2. The van der Waals surface area contributed by atoms with Crippen LogP contribution in [0, 0.1) is 5.82 Å². The molecule has 1 heterocycles. The van der Waals surface area contributed by atoms with E-state index in [-0.39, 0.29) is 12.1 Å². The second-order valence-electron chi connectivity index (χ2n) is 5.55. The summed E-state index contributed by atoms with van der Waals surface area (Å²) in [6.07, 6.45) is 3.04. The molecule has 2 amide bonds. The summed E-state index contributed by atoms with van der Waals surface area (Å²) < 4.78 is 13.1. The Morgan fingerprint density at radius 2 is 1.96 bits per heavy atom. The van der Waals surface area contributed by atoms with Gasteiger partial charge in [-0.05, 0) is 18.2 Å². The maximum atomic E-state index is 13.1. The molecule has 0 saturated carbocycles. The molecule has 136 valence electrons. The quantitative estimate of drug-likeness (QED) is 0.461. The molecular weight excluding hydrogens is 349 g/mol. The number of hydrogen-bond acceptors (Lipinski definition) is 4. The first kappa shape index (κ1) is 18.0. The Labute approximate surface area is 154 Å². The van der Waals surface area contributed by atoms with Gasteiger partial charge in [0, 0.05) is 16.7 Å². The van der Waals surface area contributed by atoms with E-state index in [1.165, 1.54) is 24.4 Å². The van der Waals surface area contributed by atoms with Crippen molar-refractivity contribution in [2.45, 2.75) is 0 Å². The number of rotatable bonds is 6. The van der Waals surface area contributed by atoms with Crippen LogP contribution in [-0.4, -0.2) is 34.8 Å². The number of amides is 2. The highest BCUT2D eigenvalue weighted by Crippen LogP contribution is 2.18. The van der Waals surface area contributed by atoms with Gasteiger partial charge in [-0.15, -0.1) is 0 Å².